The van der Waals surface area contributed by atoms with E-state index < -0.39 is 0 Å². The van der Waals surface area contributed by atoms with Crippen LogP contribution in [-0.2, 0) is 12.8 Å². The minimum Gasteiger partial charge on any atom is -0.0976 e. The Labute approximate surface area is 200 Å². The van der Waals surface area contributed by atoms with E-state index in [1.165, 1.54) is 43.2 Å². The van der Waals surface area contributed by atoms with Crippen LogP contribution >= 0.6 is 11.8 Å². The third kappa shape index (κ3) is 4.10. The van der Waals surface area contributed by atoms with E-state index in [0.29, 0.717) is 11.8 Å². The van der Waals surface area contributed by atoms with Gasteiger partial charge in [0.05, 0.1) is 0 Å². The molecule has 0 saturated heterocycles. The van der Waals surface area contributed by atoms with Crippen LogP contribution in [0.4, 0.5) is 0 Å². The largest absolute Gasteiger partial charge is 0.0976 e. The van der Waals surface area contributed by atoms with E-state index in [-0.39, 0.29) is 0 Å². The second-order valence-electron chi connectivity index (χ2n) is 8.94. The summed E-state index contributed by atoms with van der Waals surface area (Å²) >= 11 is 2.00. The smallest absolute Gasteiger partial charge is 0.0199 e. The highest BCUT2D eigenvalue weighted by atomic mass is 32.2. The first-order valence-electron chi connectivity index (χ1n) is 11.7. The van der Waals surface area contributed by atoms with E-state index in [1.807, 2.05) is 11.8 Å². The van der Waals surface area contributed by atoms with Gasteiger partial charge >= 0.3 is 0 Å². The lowest BCUT2D eigenvalue weighted by atomic mass is 9.93. The van der Waals surface area contributed by atoms with Crippen molar-refractivity contribution in [2.24, 2.45) is 0 Å². The van der Waals surface area contributed by atoms with Gasteiger partial charge in [0.1, 0.15) is 0 Å². The molecule has 0 bridgehead atoms. The van der Waals surface area contributed by atoms with E-state index in [0.717, 1.165) is 12.8 Å². The van der Waals surface area contributed by atoms with Gasteiger partial charge in [0.2, 0.25) is 0 Å². The van der Waals surface area contributed by atoms with Gasteiger partial charge in [-0.3, -0.25) is 0 Å². The molecule has 1 heteroatoms. The van der Waals surface area contributed by atoms with Gasteiger partial charge < -0.3 is 0 Å². The van der Waals surface area contributed by atoms with Gasteiger partial charge in [-0.2, -0.15) is 0 Å². The standard InChI is InChI=1S/C32H26S/c1-3-11-23(12-4-1)19-29-27-17-9-7-15-25(27)21-31(29)33-32-22-26-16-8-10-18-28(26)30(32)20-24-13-5-2-6-14-24/h1-18,21-22,29-30H,19-20H2. The highest BCUT2D eigenvalue weighted by Gasteiger charge is 2.31. The Bertz CT molecular complexity index is 1230. The van der Waals surface area contributed by atoms with Gasteiger partial charge in [0.25, 0.3) is 0 Å². The Morgan fingerprint density at radius 3 is 1.30 bits per heavy atom. The number of hydrogen-bond acceptors (Lipinski definition) is 1. The van der Waals surface area contributed by atoms with Crippen LogP contribution in [-0.4, -0.2) is 0 Å². The maximum Gasteiger partial charge on any atom is 0.0199 e. The lowest BCUT2D eigenvalue weighted by Crippen LogP contribution is -2.05. The van der Waals surface area contributed by atoms with Gasteiger partial charge in [0.15, 0.2) is 0 Å². The van der Waals surface area contributed by atoms with Crippen LogP contribution in [0.15, 0.2) is 119 Å². The zero-order valence-corrected chi connectivity index (χ0v) is 19.3. The van der Waals surface area contributed by atoms with Crippen LogP contribution in [0.5, 0.6) is 0 Å². The van der Waals surface area contributed by atoms with Crippen molar-refractivity contribution in [3.63, 3.8) is 0 Å². The molecule has 4 aromatic carbocycles. The summed E-state index contributed by atoms with van der Waals surface area (Å²) in [5.41, 5.74) is 8.46. The summed E-state index contributed by atoms with van der Waals surface area (Å²) in [5.74, 6) is 0.825. The molecular weight excluding hydrogens is 416 g/mol. The van der Waals surface area contributed by atoms with Gasteiger partial charge in [-0.1, -0.05) is 121 Å². The lowest BCUT2D eigenvalue weighted by molar-refractivity contribution is 0.830. The minimum absolute atomic E-state index is 0.413. The molecule has 2 aliphatic rings. The Morgan fingerprint density at radius 1 is 0.455 bits per heavy atom. The molecule has 0 spiro atoms. The zero-order valence-electron chi connectivity index (χ0n) is 18.5. The van der Waals surface area contributed by atoms with Crippen molar-refractivity contribution >= 4 is 23.9 Å². The predicted octanol–water partition coefficient (Wildman–Crippen LogP) is 8.48. The third-order valence-electron chi connectivity index (χ3n) is 6.83. The van der Waals surface area contributed by atoms with E-state index in [4.69, 9.17) is 0 Å². The molecule has 6 rings (SSSR count). The first-order chi connectivity index (χ1) is 16.3. The lowest BCUT2D eigenvalue weighted by Gasteiger charge is -2.21. The molecule has 2 atom stereocenters. The minimum atomic E-state index is 0.413. The quantitative estimate of drug-likeness (QED) is 0.288. The summed E-state index contributed by atoms with van der Waals surface area (Å²) in [6.07, 6.45) is 6.94. The van der Waals surface area contributed by atoms with Crippen LogP contribution < -0.4 is 0 Å². The van der Waals surface area contributed by atoms with E-state index >= 15 is 0 Å². The Morgan fingerprint density at radius 2 is 0.848 bits per heavy atom. The van der Waals surface area contributed by atoms with Crippen molar-refractivity contribution in [1.82, 2.24) is 0 Å². The molecule has 0 aromatic heterocycles. The number of benzene rings is 4. The van der Waals surface area contributed by atoms with Crippen LogP contribution in [0.1, 0.15) is 45.2 Å². The molecule has 4 aromatic rings. The molecule has 2 unspecified atom stereocenters. The average Bonchev–Trinajstić information content (AvgIpc) is 3.38. The molecule has 0 fully saturated rings. The third-order valence-corrected chi connectivity index (χ3v) is 8.10. The zero-order chi connectivity index (χ0) is 22.0. The molecule has 0 radical (unpaired) electrons. The summed E-state index contributed by atoms with van der Waals surface area (Å²) in [6, 6.07) is 39.7. The number of allylic oxidation sites excluding steroid dienone is 2. The first kappa shape index (κ1) is 20.3. The second kappa shape index (κ2) is 8.92. The van der Waals surface area contributed by atoms with Crippen molar-refractivity contribution in [3.05, 3.63) is 152 Å². The number of hydrogen-bond donors (Lipinski definition) is 0. The van der Waals surface area contributed by atoms with Crippen molar-refractivity contribution < 1.29 is 0 Å². The number of fused-ring (bicyclic) bond motifs is 2. The first-order valence-corrected chi connectivity index (χ1v) is 12.5. The average molecular weight is 443 g/mol. The molecule has 0 N–H and O–H groups in total. The Balaban J connectivity index is 1.33. The maximum atomic E-state index is 2.43. The fourth-order valence-corrected chi connectivity index (χ4v) is 6.54. The van der Waals surface area contributed by atoms with Gasteiger partial charge in [-0.05, 0) is 68.2 Å². The van der Waals surface area contributed by atoms with Crippen LogP contribution in [0.25, 0.3) is 12.2 Å². The Hall–Kier alpha value is -3.29. The SMILES string of the molecule is C1=C(SC2=Cc3ccccc3C2Cc2ccccc2)C(Cc2ccccc2)c2ccccc21. The highest BCUT2D eigenvalue weighted by Crippen LogP contribution is 2.52. The normalized spacial score (nSPS) is 18.4. The fourth-order valence-electron chi connectivity index (χ4n) is 5.19. The molecule has 2 aliphatic carbocycles. The molecule has 0 aliphatic heterocycles. The summed E-state index contributed by atoms with van der Waals surface area (Å²) < 4.78 is 0. The van der Waals surface area contributed by atoms with Gasteiger partial charge in [0, 0.05) is 11.8 Å². The van der Waals surface area contributed by atoms with E-state index in [1.54, 1.807) is 0 Å². The van der Waals surface area contributed by atoms with Crippen LogP contribution in [0.2, 0.25) is 0 Å². The van der Waals surface area contributed by atoms with Gasteiger partial charge in [-0.15, -0.1) is 0 Å². The molecule has 160 valence electrons. The molecule has 0 amide bonds. The highest BCUT2D eigenvalue weighted by molar-refractivity contribution is 8.07. The van der Waals surface area contributed by atoms with Crippen LogP contribution in [0.3, 0.4) is 0 Å². The van der Waals surface area contributed by atoms with Crippen molar-refractivity contribution in [1.29, 1.82) is 0 Å². The summed E-state index contributed by atoms with van der Waals surface area (Å²) in [4.78, 5) is 2.94. The fraction of sp³-hybridized carbons (Fsp3) is 0.125. The monoisotopic (exact) mass is 442 g/mol. The number of rotatable bonds is 6. The molecular formula is C32H26S. The molecule has 0 nitrogen and oxygen atoms in total. The topological polar surface area (TPSA) is 0 Å². The van der Waals surface area contributed by atoms with Crippen molar-refractivity contribution in [2.45, 2.75) is 24.7 Å². The van der Waals surface area contributed by atoms with E-state index in [2.05, 4.69) is 121 Å². The maximum absolute atomic E-state index is 2.43. The second-order valence-corrected chi connectivity index (χ2v) is 10.1. The van der Waals surface area contributed by atoms with Crippen molar-refractivity contribution in [2.75, 3.05) is 0 Å². The predicted molar refractivity (Wildman–Crippen MR) is 142 cm³/mol. The summed E-state index contributed by atoms with van der Waals surface area (Å²) in [7, 11) is 0. The van der Waals surface area contributed by atoms with Crippen molar-refractivity contribution in [3.8, 4) is 0 Å². The van der Waals surface area contributed by atoms with Crippen LogP contribution in [0, 0.1) is 0 Å². The summed E-state index contributed by atoms with van der Waals surface area (Å²) in [6.45, 7) is 0. The molecule has 0 heterocycles. The van der Waals surface area contributed by atoms with Gasteiger partial charge in [-0.25, -0.2) is 0 Å². The Kier molecular flexibility index (Phi) is 5.49. The molecule has 0 saturated carbocycles. The number of thioether (sulfide) groups is 1. The molecule has 33 heavy (non-hydrogen) atoms. The summed E-state index contributed by atoms with van der Waals surface area (Å²) in [5, 5.41) is 0. The van der Waals surface area contributed by atoms with E-state index in [9.17, 15) is 0 Å².